The molecule has 3 rings (SSSR count). The van der Waals surface area contributed by atoms with Crippen molar-refractivity contribution in [3.05, 3.63) is 52.9 Å². The van der Waals surface area contributed by atoms with Crippen LogP contribution in [-0.2, 0) is 11.9 Å². The number of rotatable bonds is 4. The van der Waals surface area contributed by atoms with E-state index in [1.54, 1.807) is 23.5 Å². The Bertz CT molecular complexity index is 737. The summed E-state index contributed by atoms with van der Waals surface area (Å²) in [6.45, 7) is 0.498. The van der Waals surface area contributed by atoms with Gasteiger partial charge in [0.1, 0.15) is 5.82 Å². The van der Waals surface area contributed by atoms with Gasteiger partial charge in [0.05, 0.1) is 5.69 Å². The van der Waals surface area contributed by atoms with Crippen LogP contribution < -0.4 is 4.90 Å². The molecule has 6 heteroatoms. The van der Waals surface area contributed by atoms with Crippen LogP contribution in [-0.4, -0.2) is 16.4 Å². The fourth-order valence-electron chi connectivity index (χ4n) is 2.21. The number of hydrogen-bond donors (Lipinski definition) is 0. The number of fused-ring (bicyclic) bond motifs is 1. The smallest absolute Gasteiger partial charge is 0.195 e. The molecule has 0 fully saturated rings. The van der Waals surface area contributed by atoms with Gasteiger partial charge >= 0.3 is 0 Å². The van der Waals surface area contributed by atoms with Crippen LogP contribution in [0.15, 0.2) is 35.8 Å². The van der Waals surface area contributed by atoms with Crippen molar-refractivity contribution >= 4 is 38.0 Å². The molecule has 0 saturated carbocycles. The molecule has 0 unspecified atom stereocenters. The van der Waals surface area contributed by atoms with Crippen LogP contribution in [0.3, 0.4) is 0 Å². The Balaban J connectivity index is 1.94. The van der Waals surface area contributed by atoms with E-state index in [1.807, 2.05) is 29.6 Å². The lowest BCUT2D eigenvalue weighted by atomic mass is 10.2. The van der Waals surface area contributed by atoms with Crippen LogP contribution in [0, 0.1) is 5.82 Å². The normalized spacial score (nSPS) is 11.2. The quantitative estimate of drug-likeness (QED) is 0.659. The fourth-order valence-corrected chi connectivity index (χ4v) is 3.46. The molecular weight excluding hydrogens is 341 g/mol. The van der Waals surface area contributed by atoms with Crippen molar-refractivity contribution in [1.82, 2.24) is 9.38 Å². The van der Waals surface area contributed by atoms with Gasteiger partial charge in [0, 0.05) is 36.1 Å². The van der Waals surface area contributed by atoms with Crippen LogP contribution in [0.4, 0.5) is 10.2 Å². The molecule has 0 aliphatic heterocycles. The highest BCUT2D eigenvalue weighted by molar-refractivity contribution is 9.08. The Kier molecular flexibility index (Phi) is 3.76. The molecule has 0 amide bonds. The average Bonchev–Trinajstić information content (AvgIpc) is 3.01. The van der Waals surface area contributed by atoms with Gasteiger partial charge in [-0.3, -0.25) is 4.40 Å². The molecule has 104 valence electrons. The number of anilines is 1. The summed E-state index contributed by atoms with van der Waals surface area (Å²) in [5, 5.41) is 2.72. The summed E-state index contributed by atoms with van der Waals surface area (Å²) >= 11 is 5.10. The number of aromatic nitrogens is 2. The van der Waals surface area contributed by atoms with Crippen molar-refractivity contribution in [2.24, 2.45) is 0 Å². The van der Waals surface area contributed by atoms with Crippen LogP contribution >= 0.6 is 27.3 Å². The molecule has 3 nitrogen and oxygen atoms in total. The van der Waals surface area contributed by atoms with E-state index in [0.29, 0.717) is 17.4 Å². The first kappa shape index (κ1) is 13.6. The third-order valence-corrected chi connectivity index (χ3v) is 4.48. The number of thiazole rings is 1. The molecule has 20 heavy (non-hydrogen) atoms. The second-order valence-electron chi connectivity index (χ2n) is 4.52. The van der Waals surface area contributed by atoms with Gasteiger partial charge in [-0.1, -0.05) is 34.1 Å². The molecule has 2 aromatic heterocycles. The minimum Gasteiger partial charge on any atom is -0.354 e. The SMILES string of the molecule is CN(Cc1ccccc1F)c1nc2sccn2c1CBr. The Labute approximate surface area is 128 Å². The number of imidazole rings is 1. The minimum atomic E-state index is -0.180. The van der Waals surface area contributed by atoms with Gasteiger partial charge in [0.25, 0.3) is 0 Å². The Morgan fingerprint density at radius 1 is 1.40 bits per heavy atom. The van der Waals surface area contributed by atoms with Gasteiger partial charge in [0.15, 0.2) is 10.8 Å². The third kappa shape index (κ3) is 2.33. The van der Waals surface area contributed by atoms with Crippen molar-refractivity contribution in [3.63, 3.8) is 0 Å². The molecule has 0 radical (unpaired) electrons. The lowest BCUT2D eigenvalue weighted by molar-refractivity contribution is 0.607. The molecule has 0 aliphatic rings. The summed E-state index contributed by atoms with van der Waals surface area (Å²) in [5.74, 6) is 0.706. The van der Waals surface area contributed by atoms with Gasteiger partial charge in [-0.25, -0.2) is 9.37 Å². The Hall–Kier alpha value is -1.40. The highest BCUT2D eigenvalue weighted by Crippen LogP contribution is 2.27. The van der Waals surface area contributed by atoms with Crippen LogP contribution in [0.25, 0.3) is 4.96 Å². The van der Waals surface area contributed by atoms with Gasteiger partial charge in [0.2, 0.25) is 0 Å². The molecule has 1 aromatic carbocycles. The zero-order chi connectivity index (χ0) is 14.1. The predicted octanol–water partition coefficient (Wildman–Crippen LogP) is 4.07. The number of nitrogens with zero attached hydrogens (tertiary/aromatic N) is 3. The number of halogens is 2. The van der Waals surface area contributed by atoms with Crippen molar-refractivity contribution in [2.45, 2.75) is 11.9 Å². The fraction of sp³-hybridized carbons (Fsp3) is 0.214. The lowest BCUT2D eigenvalue weighted by Crippen LogP contribution is -2.19. The first-order valence-electron chi connectivity index (χ1n) is 6.15. The van der Waals surface area contributed by atoms with Gasteiger partial charge in [-0.05, 0) is 6.07 Å². The van der Waals surface area contributed by atoms with E-state index in [9.17, 15) is 4.39 Å². The van der Waals surface area contributed by atoms with Crippen molar-refractivity contribution < 1.29 is 4.39 Å². The second kappa shape index (κ2) is 5.54. The molecule has 0 aliphatic carbocycles. The largest absolute Gasteiger partial charge is 0.354 e. The Morgan fingerprint density at radius 2 is 2.20 bits per heavy atom. The van der Waals surface area contributed by atoms with Crippen molar-refractivity contribution in [2.75, 3.05) is 11.9 Å². The molecule has 0 spiro atoms. The van der Waals surface area contributed by atoms with Gasteiger partial charge < -0.3 is 4.90 Å². The lowest BCUT2D eigenvalue weighted by Gasteiger charge is -2.18. The molecule has 0 N–H and O–H groups in total. The van der Waals surface area contributed by atoms with E-state index in [2.05, 4.69) is 25.3 Å². The van der Waals surface area contributed by atoms with Gasteiger partial charge in [-0.15, -0.1) is 11.3 Å². The number of benzene rings is 1. The summed E-state index contributed by atoms with van der Waals surface area (Å²) in [4.78, 5) is 7.56. The minimum absolute atomic E-state index is 0.180. The number of hydrogen-bond acceptors (Lipinski definition) is 3. The van der Waals surface area contributed by atoms with Crippen molar-refractivity contribution in [1.29, 1.82) is 0 Å². The maximum atomic E-state index is 13.7. The van der Waals surface area contributed by atoms with E-state index in [-0.39, 0.29) is 5.82 Å². The third-order valence-electron chi connectivity index (χ3n) is 3.19. The van der Waals surface area contributed by atoms with E-state index < -0.39 is 0 Å². The average molecular weight is 354 g/mol. The molecule has 3 aromatic rings. The monoisotopic (exact) mass is 353 g/mol. The number of alkyl halides is 1. The highest BCUT2D eigenvalue weighted by Gasteiger charge is 2.16. The topological polar surface area (TPSA) is 20.5 Å². The summed E-state index contributed by atoms with van der Waals surface area (Å²) in [6, 6.07) is 6.84. The zero-order valence-electron chi connectivity index (χ0n) is 10.9. The second-order valence-corrected chi connectivity index (χ2v) is 5.95. The summed E-state index contributed by atoms with van der Waals surface area (Å²) in [5.41, 5.74) is 1.76. The summed E-state index contributed by atoms with van der Waals surface area (Å²) in [6.07, 6.45) is 2.00. The molecule has 2 heterocycles. The zero-order valence-corrected chi connectivity index (χ0v) is 13.3. The predicted molar refractivity (Wildman–Crippen MR) is 84.2 cm³/mol. The molecular formula is C14H13BrFN3S. The van der Waals surface area contributed by atoms with E-state index >= 15 is 0 Å². The van der Waals surface area contributed by atoms with E-state index in [4.69, 9.17) is 0 Å². The molecule has 0 saturated heterocycles. The Morgan fingerprint density at radius 3 is 2.95 bits per heavy atom. The van der Waals surface area contributed by atoms with Crippen molar-refractivity contribution in [3.8, 4) is 0 Å². The van der Waals surface area contributed by atoms with E-state index in [1.165, 1.54) is 6.07 Å². The van der Waals surface area contributed by atoms with Crippen LogP contribution in [0.5, 0.6) is 0 Å². The first-order chi connectivity index (χ1) is 9.70. The summed E-state index contributed by atoms with van der Waals surface area (Å²) in [7, 11) is 1.94. The molecule has 0 atom stereocenters. The first-order valence-corrected chi connectivity index (χ1v) is 8.15. The van der Waals surface area contributed by atoms with Crippen LogP contribution in [0.2, 0.25) is 0 Å². The van der Waals surface area contributed by atoms with Crippen LogP contribution in [0.1, 0.15) is 11.3 Å². The highest BCUT2D eigenvalue weighted by atomic mass is 79.9. The maximum Gasteiger partial charge on any atom is 0.195 e. The molecule has 0 bridgehead atoms. The summed E-state index contributed by atoms with van der Waals surface area (Å²) < 4.78 is 15.8. The van der Waals surface area contributed by atoms with Gasteiger partial charge in [-0.2, -0.15) is 0 Å². The van der Waals surface area contributed by atoms with E-state index in [0.717, 1.165) is 16.5 Å². The maximum absolute atomic E-state index is 13.7. The standard InChI is InChI=1S/C14H13BrFN3S/c1-18(9-10-4-2-3-5-11(10)16)13-12(8-15)19-6-7-20-14(19)17-13/h2-7H,8-9H2,1H3.